The fourth-order valence-electron chi connectivity index (χ4n) is 0.845. The van der Waals surface area contributed by atoms with Crippen molar-refractivity contribution in [2.24, 2.45) is 0 Å². The van der Waals surface area contributed by atoms with Crippen LogP contribution < -0.4 is 0 Å². The van der Waals surface area contributed by atoms with Gasteiger partial charge in [-0.2, -0.15) is 0 Å². The highest BCUT2D eigenvalue weighted by molar-refractivity contribution is 6.17. The molecule has 1 aromatic carbocycles. The van der Waals surface area contributed by atoms with Crippen LogP contribution in [-0.2, 0) is 5.88 Å². The Morgan fingerprint density at radius 1 is 1.42 bits per heavy atom. The van der Waals surface area contributed by atoms with Gasteiger partial charge in [0.05, 0.1) is 5.56 Å². The average Bonchev–Trinajstić information content (AvgIpc) is 2.04. The molecule has 1 aromatic rings. The first-order chi connectivity index (χ1) is 5.25. The number of hydrogen-bond acceptors (Lipinski definition) is 1. The highest BCUT2D eigenvalue weighted by atomic mass is 35.5. The number of aromatic carboxylic acids is 1. The lowest BCUT2D eigenvalue weighted by molar-refractivity contribution is 0.0696. The van der Waals surface area contributed by atoms with Crippen molar-refractivity contribution in [2.45, 2.75) is 5.88 Å². The maximum absolute atomic E-state index is 10.5. The number of carboxylic acids is 1. The van der Waals surface area contributed by atoms with Gasteiger partial charge in [-0.05, 0) is 11.6 Å². The quantitative estimate of drug-likeness (QED) is 0.756. The molecule has 0 aliphatic heterocycles. The van der Waals surface area contributed by atoms with E-state index in [0.29, 0.717) is 5.56 Å². The van der Waals surface area contributed by atoms with Crippen LogP contribution in [0.2, 0.25) is 0 Å². The van der Waals surface area contributed by atoms with Gasteiger partial charge < -0.3 is 5.11 Å². The molecule has 0 bridgehead atoms. The average molecular weight is 207 g/mol. The second-order valence-electron chi connectivity index (χ2n) is 2.10. The van der Waals surface area contributed by atoms with E-state index < -0.39 is 5.97 Å². The summed E-state index contributed by atoms with van der Waals surface area (Å²) in [6.45, 7) is 0. The van der Waals surface area contributed by atoms with Crippen LogP contribution in [0.1, 0.15) is 15.9 Å². The molecular weight excluding hydrogens is 199 g/mol. The number of hydrogen-bond donors (Lipinski definition) is 1. The summed E-state index contributed by atoms with van der Waals surface area (Å²) in [5.74, 6) is -0.691. The normalized spacial score (nSPS) is 8.75. The second kappa shape index (κ2) is 5.01. The summed E-state index contributed by atoms with van der Waals surface area (Å²) in [7, 11) is 0. The third-order valence-corrected chi connectivity index (χ3v) is 1.68. The lowest BCUT2D eigenvalue weighted by Crippen LogP contribution is -1.99. The van der Waals surface area contributed by atoms with Crippen molar-refractivity contribution in [3.63, 3.8) is 0 Å². The first kappa shape index (κ1) is 11.3. The number of benzene rings is 1. The Hall–Kier alpha value is -0.730. The molecule has 0 aromatic heterocycles. The third kappa shape index (κ3) is 2.40. The van der Waals surface area contributed by atoms with E-state index in [1.54, 1.807) is 24.3 Å². The zero-order chi connectivity index (χ0) is 8.27. The molecule has 0 radical (unpaired) electrons. The fraction of sp³-hybridized carbons (Fsp3) is 0.125. The van der Waals surface area contributed by atoms with Gasteiger partial charge in [-0.25, -0.2) is 4.79 Å². The summed E-state index contributed by atoms with van der Waals surface area (Å²) in [4.78, 5) is 10.5. The Morgan fingerprint density at radius 2 is 2.00 bits per heavy atom. The first-order valence-electron chi connectivity index (χ1n) is 3.13. The van der Waals surface area contributed by atoms with Crippen LogP contribution in [0, 0.1) is 0 Å². The van der Waals surface area contributed by atoms with Crippen LogP contribution in [-0.4, -0.2) is 11.1 Å². The molecule has 1 N–H and O–H groups in total. The SMILES string of the molecule is Cl.O=C(O)c1ccccc1CCl. The van der Waals surface area contributed by atoms with Crippen molar-refractivity contribution in [3.8, 4) is 0 Å². The summed E-state index contributed by atoms with van der Waals surface area (Å²) in [6.07, 6.45) is 0. The fourth-order valence-corrected chi connectivity index (χ4v) is 1.08. The van der Waals surface area contributed by atoms with Gasteiger partial charge in [-0.1, -0.05) is 18.2 Å². The molecule has 66 valence electrons. The van der Waals surface area contributed by atoms with E-state index >= 15 is 0 Å². The maximum atomic E-state index is 10.5. The van der Waals surface area contributed by atoms with Crippen molar-refractivity contribution in [3.05, 3.63) is 35.4 Å². The summed E-state index contributed by atoms with van der Waals surface area (Å²) < 4.78 is 0. The minimum Gasteiger partial charge on any atom is -0.478 e. The van der Waals surface area contributed by atoms with Gasteiger partial charge >= 0.3 is 5.97 Å². The zero-order valence-electron chi connectivity index (χ0n) is 6.16. The molecule has 0 aliphatic rings. The van der Waals surface area contributed by atoms with Crippen LogP contribution in [0.15, 0.2) is 24.3 Å². The molecule has 0 atom stereocenters. The van der Waals surface area contributed by atoms with Crippen LogP contribution in [0.3, 0.4) is 0 Å². The third-order valence-electron chi connectivity index (χ3n) is 1.39. The molecule has 0 unspecified atom stereocenters. The molecule has 2 nitrogen and oxygen atoms in total. The van der Waals surface area contributed by atoms with E-state index in [1.807, 2.05) is 0 Å². The Balaban J connectivity index is 0.00000121. The second-order valence-corrected chi connectivity index (χ2v) is 2.36. The highest BCUT2D eigenvalue weighted by Crippen LogP contribution is 2.10. The van der Waals surface area contributed by atoms with E-state index in [2.05, 4.69) is 0 Å². The predicted octanol–water partition coefficient (Wildman–Crippen LogP) is 2.55. The molecule has 0 saturated heterocycles. The Bertz CT molecular complexity index is 274. The topological polar surface area (TPSA) is 37.3 Å². The van der Waals surface area contributed by atoms with Crippen molar-refractivity contribution in [1.82, 2.24) is 0 Å². The van der Waals surface area contributed by atoms with Crippen LogP contribution in [0.5, 0.6) is 0 Å². The molecular formula is C8H8Cl2O2. The van der Waals surface area contributed by atoms with Crippen LogP contribution in [0.4, 0.5) is 0 Å². The number of carbonyl (C=O) groups is 1. The van der Waals surface area contributed by atoms with E-state index in [1.165, 1.54) is 0 Å². The summed E-state index contributed by atoms with van der Waals surface area (Å²) >= 11 is 5.51. The van der Waals surface area contributed by atoms with Gasteiger partial charge in [0, 0.05) is 5.88 Å². The predicted molar refractivity (Wildman–Crippen MR) is 50.2 cm³/mol. The van der Waals surface area contributed by atoms with Gasteiger partial charge in [0.1, 0.15) is 0 Å². The number of alkyl halides is 1. The molecule has 0 saturated carbocycles. The van der Waals surface area contributed by atoms with E-state index in [4.69, 9.17) is 16.7 Å². The van der Waals surface area contributed by atoms with E-state index in [9.17, 15) is 4.79 Å². The largest absolute Gasteiger partial charge is 0.478 e. The van der Waals surface area contributed by atoms with Crippen molar-refractivity contribution < 1.29 is 9.90 Å². The molecule has 0 heterocycles. The molecule has 0 fully saturated rings. The minimum absolute atomic E-state index is 0. The zero-order valence-corrected chi connectivity index (χ0v) is 7.73. The molecule has 0 amide bonds. The van der Waals surface area contributed by atoms with Gasteiger partial charge in [0.15, 0.2) is 0 Å². The Morgan fingerprint density at radius 3 is 2.42 bits per heavy atom. The Kier molecular flexibility index (Phi) is 4.71. The van der Waals surface area contributed by atoms with Crippen molar-refractivity contribution in [2.75, 3.05) is 0 Å². The summed E-state index contributed by atoms with van der Waals surface area (Å²) in [5.41, 5.74) is 0.934. The van der Waals surface area contributed by atoms with Gasteiger partial charge in [0.25, 0.3) is 0 Å². The molecule has 4 heteroatoms. The number of halogens is 2. The monoisotopic (exact) mass is 206 g/mol. The highest BCUT2D eigenvalue weighted by Gasteiger charge is 2.06. The Labute approximate surface area is 81.6 Å². The summed E-state index contributed by atoms with van der Waals surface area (Å²) in [5, 5.41) is 8.64. The first-order valence-corrected chi connectivity index (χ1v) is 3.66. The smallest absolute Gasteiger partial charge is 0.336 e. The van der Waals surface area contributed by atoms with E-state index in [-0.39, 0.29) is 23.9 Å². The maximum Gasteiger partial charge on any atom is 0.336 e. The molecule has 0 spiro atoms. The van der Waals surface area contributed by atoms with Crippen LogP contribution >= 0.6 is 24.0 Å². The summed E-state index contributed by atoms with van der Waals surface area (Å²) in [6, 6.07) is 6.69. The van der Waals surface area contributed by atoms with Gasteiger partial charge in [-0.15, -0.1) is 24.0 Å². The van der Waals surface area contributed by atoms with Gasteiger partial charge in [0.2, 0.25) is 0 Å². The lowest BCUT2D eigenvalue weighted by atomic mass is 10.1. The molecule has 0 aliphatic carbocycles. The number of carboxylic acid groups (broad SMARTS) is 1. The number of rotatable bonds is 2. The van der Waals surface area contributed by atoms with Gasteiger partial charge in [-0.3, -0.25) is 0 Å². The van der Waals surface area contributed by atoms with Crippen molar-refractivity contribution in [1.29, 1.82) is 0 Å². The standard InChI is InChI=1S/C8H7ClO2.ClH/c9-5-6-3-1-2-4-7(6)8(10)11;/h1-4H,5H2,(H,10,11);1H. The van der Waals surface area contributed by atoms with Crippen molar-refractivity contribution >= 4 is 30.0 Å². The molecule has 12 heavy (non-hydrogen) atoms. The molecule has 1 rings (SSSR count). The minimum atomic E-state index is -0.929. The van der Waals surface area contributed by atoms with E-state index in [0.717, 1.165) is 0 Å². The lowest BCUT2D eigenvalue weighted by Gasteiger charge is -1.99. The van der Waals surface area contributed by atoms with Crippen LogP contribution in [0.25, 0.3) is 0 Å².